The second-order valence-corrected chi connectivity index (χ2v) is 7.29. The van der Waals surface area contributed by atoms with Crippen LogP contribution in [0.2, 0.25) is 0 Å². The number of Topliss-reactive ketones (excluding diaryl/α,β-unsaturated/α-hetero) is 2. The highest BCUT2D eigenvalue weighted by molar-refractivity contribution is 6.30. The second kappa shape index (κ2) is 6.27. The number of carbonyl (C=O) groups excluding carboxylic acids is 3. The quantitative estimate of drug-likeness (QED) is 0.683. The zero-order chi connectivity index (χ0) is 20.2. The molecule has 4 rings (SSSR count). The first-order valence-electron chi connectivity index (χ1n) is 8.93. The molecule has 1 unspecified atom stereocenters. The van der Waals surface area contributed by atoms with Gasteiger partial charge in [0.25, 0.3) is 0 Å². The maximum atomic E-state index is 12.9. The van der Waals surface area contributed by atoms with Crippen LogP contribution < -0.4 is 5.73 Å². The number of nitrogens with two attached hydrogens (primary N) is 1. The zero-order valence-electron chi connectivity index (χ0n) is 15.4. The highest BCUT2D eigenvalue weighted by Gasteiger charge is 2.42. The summed E-state index contributed by atoms with van der Waals surface area (Å²) in [4.78, 5) is 41.5. The van der Waals surface area contributed by atoms with E-state index in [0.29, 0.717) is 11.4 Å². The molecule has 0 fully saturated rings. The maximum absolute atomic E-state index is 12.9. The molecule has 1 atom stereocenters. The molecular weight excluding hydrogens is 356 g/mol. The summed E-state index contributed by atoms with van der Waals surface area (Å²) in [5, 5.41) is 11.2. The number of hydrogen-bond donors (Lipinski definition) is 2. The van der Waals surface area contributed by atoms with Gasteiger partial charge >= 0.3 is 0 Å². The van der Waals surface area contributed by atoms with Gasteiger partial charge in [0.15, 0.2) is 11.6 Å². The van der Waals surface area contributed by atoms with Crippen LogP contribution in [-0.4, -0.2) is 27.6 Å². The molecule has 6 heteroatoms. The Morgan fingerprint density at radius 1 is 1.04 bits per heavy atom. The van der Waals surface area contributed by atoms with Gasteiger partial charge in [-0.3, -0.25) is 14.4 Å². The standard InChI is InChI=1S/C22H18N2O4/c1-10(2)11-4-6-16-13(7-11)9-17(25)19(24-16)18-20(26)14-5-3-12(22(23)28)8-15(14)21(18)27/h3-10,18,25H,1-2H3,(H2,23,28). The van der Waals surface area contributed by atoms with Gasteiger partial charge in [-0.2, -0.15) is 0 Å². The minimum atomic E-state index is -1.23. The van der Waals surface area contributed by atoms with Crippen LogP contribution in [0.4, 0.5) is 0 Å². The van der Waals surface area contributed by atoms with Crippen LogP contribution in [0, 0.1) is 0 Å². The van der Waals surface area contributed by atoms with Crippen molar-refractivity contribution >= 4 is 28.4 Å². The number of carbonyl (C=O) groups is 3. The lowest BCUT2D eigenvalue weighted by Crippen LogP contribution is -2.15. The molecule has 1 aromatic heterocycles. The molecule has 1 aliphatic rings. The molecule has 2 aromatic carbocycles. The van der Waals surface area contributed by atoms with Crippen LogP contribution >= 0.6 is 0 Å². The fourth-order valence-electron chi connectivity index (χ4n) is 3.56. The van der Waals surface area contributed by atoms with Gasteiger partial charge in [0, 0.05) is 22.1 Å². The van der Waals surface area contributed by atoms with E-state index >= 15 is 0 Å². The van der Waals surface area contributed by atoms with E-state index in [-0.39, 0.29) is 28.1 Å². The lowest BCUT2D eigenvalue weighted by atomic mass is 9.96. The molecule has 0 aliphatic heterocycles. The number of primary amides is 1. The number of hydrogen-bond acceptors (Lipinski definition) is 5. The topological polar surface area (TPSA) is 110 Å². The van der Waals surface area contributed by atoms with Crippen LogP contribution in [-0.2, 0) is 0 Å². The maximum Gasteiger partial charge on any atom is 0.248 e. The molecule has 0 spiro atoms. The van der Waals surface area contributed by atoms with E-state index < -0.39 is 23.4 Å². The molecule has 6 nitrogen and oxygen atoms in total. The van der Waals surface area contributed by atoms with E-state index in [4.69, 9.17) is 5.73 Å². The fourth-order valence-corrected chi connectivity index (χ4v) is 3.56. The first kappa shape index (κ1) is 17.9. The predicted octanol–water partition coefficient (Wildman–Crippen LogP) is 3.33. The van der Waals surface area contributed by atoms with E-state index in [2.05, 4.69) is 18.8 Å². The Kier molecular flexibility index (Phi) is 4.00. The highest BCUT2D eigenvalue weighted by Crippen LogP contribution is 2.38. The van der Waals surface area contributed by atoms with Crippen LogP contribution in [0.3, 0.4) is 0 Å². The summed E-state index contributed by atoms with van der Waals surface area (Å²) in [6.45, 7) is 4.13. The van der Waals surface area contributed by atoms with Gasteiger partial charge in [-0.15, -0.1) is 0 Å². The number of aromatic nitrogens is 1. The molecule has 1 heterocycles. The Balaban J connectivity index is 1.82. The number of benzene rings is 2. The smallest absolute Gasteiger partial charge is 0.248 e. The molecule has 0 radical (unpaired) electrons. The summed E-state index contributed by atoms with van der Waals surface area (Å²) in [6.07, 6.45) is 0. The van der Waals surface area contributed by atoms with Gasteiger partial charge in [-0.25, -0.2) is 4.98 Å². The monoisotopic (exact) mass is 374 g/mol. The van der Waals surface area contributed by atoms with Crippen LogP contribution in [0.25, 0.3) is 10.9 Å². The van der Waals surface area contributed by atoms with Crippen molar-refractivity contribution in [1.29, 1.82) is 0 Å². The van der Waals surface area contributed by atoms with Crippen LogP contribution in [0.15, 0.2) is 42.5 Å². The number of amides is 1. The van der Waals surface area contributed by atoms with Crippen molar-refractivity contribution in [3.8, 4) is 5.75 Å². The third-order valence-corrected chi connectivity index (χ3v) is 5.15. The summed E-state index contributed by atoms with van der Waals surface area (Å²) in [5.74, 6) is -2.74. The number of rotatable bonds is 3. The predicted molar refractivity (Wildman–Crippen MR) is 104 cm³/mol. The SMILES string of the molecule is CC(C)c1ccc2nc(C3C(=O)c4ccc(C(N)=O)cc4C3=O)c(O)cc2c1. The van der Waals surface area contributed by atoms with Gasteiger partial charge in [-0.05, 0) is 47.9 Å². The number of aromatic hydroxyl groups is 1. The van der Waals surface area contributed by atoms with Crippen molar-refractivity contribution in [2.75, 3.05) is 0 Å². The highest BCUT2D eigenvalue weighted by atomic mass is 16.3. The van der Waals surface area contributed by atoms with Crippen molar-refractivity contribution in [3.05, 3.63) is 70.4 Å². The first-order valence-corrected chi connectivity index (χ1v) is 8.93. The third kappa shape index (κ3) is 2.65. The van der Waals surface area contributed by atoms with Gasteiger partial charge < -0.3 is 10.8 Å². The Hall–Kier alpha value is -3.54. The number of nitrogens with zero attached hydrogens (tertiary/aromatic N) is 1. The molecule has 0 bridgehead atoms. The van der Waals surface area contributed by atoms with Crippen molar-refractivity contribution < 1.29 is 19.5 Å². The molecule has 1 amide bonds. The van der Waals surface area contributed by atoms with Gasteiger partial charge in [0.1, 0.15) is 17.4 Å². The lowest BCUT2D eigenvalue weighted by molar-refractivity contribution is 0.0885. The van der Waals surface area contributed by atoms with Crippen molar-refractivity contribution in [3.63, 3.8) is 0 Å². The van der Waals surface area contributed by atoms with Crippen LogP contribution in [0.1, 0.15) is 68.0 Å². The molecule has 3 N–H and O–H groups in total. The molecule has 0 saturated heterocycles. The van der Waals surface area contributed by atoms with Gasteiger partial charge in [0.05, 0.1) is 5.52 Å². The summed E-state index contributed by atoms with van der Waals surface area (Å²) in [6, 6.07) is 11.4. The van der Waals surface area contributed by atoms with E-state index in [1.54, 1.807) is 0 Å². The van der Waals surface area contributed by atoms with Crippen molar-refractivity contribution in [1.82, 2.24) is 4.98 Å². The van der Waals surface area contributed by atoms with E-state index in [9.17, 15) is 19.5 Å². The van der Waals surface area contributed by atoms with E-state index in [0.717, 1.165) is 10.9 Å². The minimum absolute atomic E-state index is 0.0246. The Morgan fingerprint density at radius 3 is 2.43 bits per heavy atom. The second-order valence-electron chi connectivity index (χ2n) is 7.29. The molecule has 1 aliphatic carbocycles. The summed E-state index contributed by atoms with van der Waals surface area (Å²) >= 11 is 0. The molecular formula is C22H18N2O4. The summed E-state index contributed by atoms with van der Waals surface area (Å²) in [5.41, 5.74) is 7.46. The largest absolute Gasteiger partial charge is 0.506 e. The lowest BCUT2D eigenvalue weighted by Gasteiger charge is -2.12. The Morgan fingerprint density at radius 2 is 1.75 bits per heavy atom. The van der Waals surface area contributed by atoms with Gasteiger partial charge in [-0.1, -0.05) is 19.9 Å². The molecule has 28 heavy (non-hydrogen) atoms. The molecule has 0 saturated carbocycles. The molecule has 140 valence electrons. The summed E-state index contributed by atoms with van der Waals surface area (Å²) in [7, 11) is 0. The van der Waals surface area contributed by atoms with Gasteiger partial charge in [0.2, 0.25) is 5.91 Å². The normalized spacial score (nSPS) is 16.0. The summed E-state index contributed by atoms with van der Waals surface area (Å²) < 4.78 is 0. The number of fused-ring (bicyclic) bond motifs is 2. The minimum Gasteiger partial charge on any atom is -0.506 e. The number of pyridine rings is 1. The van der Waals surface area contributed by atoms with Crippen molar-refractivity contribution in [2.45, 2.75) is 25.7 Å². The van der Waals surface area contributed by atoms with Crippen molar-refractivity contribution in [2.24, 2.45) is 5.73 Å². The molecule has 3 aromatic rings. The zero-order valence-corrected chi connectivity index (χ0v) is 15.4. The average Bonchev–Trinajstić information content (AvgIpc) is 2.91. The first-order chi connectivity index (χ1) is 13.3. The van der Waals surface area contributed by atoms with Crippen LogP contribution in [0.5, 0.6) is 5.75 Å². The average molecular weight is 374 g/mol. The van der Waals surface area contributed by atoms with E-state index in [1.165, 1.54) is 24.3 Å². The van der Waals surface area contributed by atoms with E-state index in [1.807, 2.05) is 18.2 Å². The number of ketones is 2. The third-order valence-electron chi connectivity index (χ3n) is 5.15. The fraction of sp³-hybridized carbons (Fsp3) is 0.182. The Bertz CT molecular complexity index is 1180. The Labute approximate surface area is 161 Å².